The Hall–Kier alpha value is -1.77. The van der Waals surface area contributed by atoms with Gasteiger partial charge >= 0.3 is 19.8 Å². The molecule has 0 spiro atoms. The lowest BCUT2D eigenvalue weighted by Crippen LogP contribution is -2.29. The minimum atomic E-state index is -4.38. The van der Waals surface area contributed by atoms with Crippen molar-refractivity contribution in [2.75, 3.05) is 26.4 Å². The Morgan fingerprint density at radius 2 is 0.912 bits per heavy atom. The molecule has 0 saturated heterocycles. The molecule has 9 nitrogen and oxygen atoms in total. The van der Waals surface area contributed by atoms with Crippen LogP contribution in [0.25, 0.3) is 0 Å². The van der Waals surface area contributed by atoms with Gasteiger partial charge in [-0.3, -0.25) is 18.6 Å². The van der Waals surface area contributed by atoms with Gasteiger partial charge in [0.05, 0.1) is 13.2 Å². The number of allylic oxidation sites excluding steroid dienone is 6. The molecule has 0 rings (SSSR count). The molecule has 0 aliphatic carbocycles. The molecule has 0 saturated carbocycles. The number of carbonyl (C=O) groups excluding carboxylic acids is 2. The Morgan fingerprint density at radius 3 is 1.37 bits per heavy atom. The van der Waals surface area contributed by atoms with Crippen LogP contribution >= 0.6 is 7.82 Å². The largest absolute Gasteiger partial charge is 0.472 e. The standard InChI is InChI=1S/C47H88NO8P/c1-3-5-7-9-11-13-15-17-19-21-23-25-27-29-31-33-35-37-39-46(49)53-43-45(44-55-57(51,52)54-42-41-48)56-47(50)40-38-36-34-32-30-28-26-24-22-20-18-16-14-12-10-8-6-4-2/h14,16,19-22,45H,3-13,15,17-18,23-44,48H2,1-2H3,(H,51,52)/b16-14-,21-19-,22-20-. The van der Waals surface area contributed by atoms with E-state index >= 15 is 0 Å². The zero-order valence-corrected chi connectivity index (χ0v) is 37.7. The Labute approximate surface area is 350 Å². The summed E-state index contributed by atoms with van der Waals surface area (Å²) < 4.78 is 32.8. The minimum Gasteiger partial charge on any atom is -0.462 e. The van der Waals surface area contributed by atoms with Gasteiger partial charge in [0.15, 0.2) is 6.10 Å². The summed E-state index contributed by atoms with van der Waals surface area (Å²) in [6, 6.07) is 0. The van der Waals surface area contributed by atoms with Crippen LogP contribution in [0.4, 0.5) is 0 Å². The number of ether oxygens (including phenoxy) is 2. The van der Waals surface area contributed by atoms with Crippen LogP contribution in [0, 0.1) is 0 Å². The Bertz CT molecular complexity index is 1030. The summed E-state index contributed by atoms with van der Waals surface area (Å²) in [6.07, 6.45) is 48.8. The van der Waals surface area contributed by atoms with Crippen molar-refractivity contribution in [1.29, 1.82) is 0 Å². The smallest absolute Gasteiger partial charge is 0.462 e. The first-order valence-corrected chi connectivity index (χ1v) is 25.0. The highest BCUT2D eigenvalue weighted by Crippen LogP contribution is 2.43. The highest BCUT2D eigenvalue weighted by atomic mass is 31.2. The lowest BCUT2D eigenvalue weighted by atomic mass is 10.1. The van der Waals surface area contributed by atoms with E-state index in [1.165, 1.54) is 122 Å². The molecule has 0 aliphatic heterocycles. The number of hydrogen-bond acceptors (Lipinski definition) is 8. The van der Waals surface area contributed by atoms with E-state index in [0.717, 1.165) is 64.2 Å². The van der Waals surface area contributed by atoms with Crippen molar-refractivity contribution in [3.8, 4) is 0 Å². The van der Waals surface area contributed by atoms with E-state index in [1.54, 1.807) is 0 Å². The van der Waals surface area contributed by atoms with Gasteiger partial charge < -0.3 is 20.1 Å². The molecular weight excluding hydrogens is 737 g/mol. The Morgan fingerprint density at radius 1 is 0.526 bits per heavy atom. The number of unbranched alkanes of at least 4 members (excludes halogenated alkanes) is 25. The molecule has 3 N–H and O–H groups in total. The summed E-state index contributed by atoms with van der Waals surface area (Å²) in [6.45, 7) is 3.72. The fourth-order valence-corrected chi connectivity index (χ4v) is 7.25. The third kappa shape index (κ3) is 43.6. The van der Waals surface area contributed by atoms with E-state index in [0.29, 0.717) is 6.42 Å². The number of carbonyl (C=O) groups is 2. The minimum absolute atomic E-state index is 0.0513. The van der Waals surface area contributed by atoms with Gasteiger partial charge in [0.2, 0.25) is 0 Å². The van der Waals surface area contributed by atoms with Gasteiger partial charge in [-0.05, 0) is 70.6 Å². The predicted octanol–water partition coefficient (Wildman–Crippen LogP) is 13.7. The van der Waals surface area contributed by atoms with Crippen molar-refractivity contribution in [2.24, 2.45) is 5.73 Å². The second-order valence-corrected chi connectivity index (χ2v) is 17.1. The lowest BCUT2D eigenvalue weighted by molar-refractivity contribution is -0.161. The van der Waals surface area contributed by atoms with Crippen molar-refractivity contribution in [3.63, 3.8) is 0 Å². The van der Waals surface area contributed by atoms with Gasteiger partial charge in [0.25, 0.3) is 0 Å². The van der Waals surface area contributed by atoms with Crippen LogP contribution in [0.1, 0.15) is 219 Å². The predicted molar refractivity (Wildman–Crippen MR) is 238 cm³/mol. The first-order valence-electron chi connectivity index (χ1n) is 23.5. The molecule has 2 atom stereocenters. The molecular formula is C47H88NO8P. The number of esters is 2. The molecule has 0 amide bonds. The van der Waals surface area contributed by atoms with Crippen LogP contribution in [0.3, 0.4) is 0 Å². The van der Waals surface area contributed by atoms with Crippen molar-refractivity contribution in [2.45, 2.75) is 225 Å². The average molecular weight is 826 g/mol. The molecule has 0 heterocycles. The fourth-order valence-electron chi connectivity index (χ4n) is 6.48. The lowest BCUT2D eigenvalue weighted by Gasteiger charge is -2.19. The van der Waals surface area contributed by atoms with Gasteiger partial charge in [-0.1, -0.05) is 172 Å². The molecule has 0 radical (unpaired) electrons. The monoisotopic (exact) mass is 826 g/mol. The van der Waals surface area contributed by atoms with Crippen LogP contribution in [-0.4, -0.2) is 49.3 Å². The molecule has 57 heavy (non-hydrogen) atoms. The van der Waals surface area contributed by atoms with E-state index in [9.17, 15) is 19.0 Å². The summed E-state index contributed by atoms with van der Waals surface area (Å²) in [7, 11) is -4.38. The van der Waals surface area contributed by atoms with Crippen molar-refractivity contribution >= 4 is 19.8 Å². The summed E-state index contributed by atoms with van der Waals surface area (Å²) in [5.74, 6) is -0.837. The van der Waals surface area contributed by atoms with Crippen molar-refractivity contribution in [1.82, 2.24) is 0 Å². The quantitative estimate of drug-likeness (QED) is 0.0266. The topological polar surface area (TPSA) is 134 Å². The maximum absolute atomic E-state index is 12.6. The zero-order valence-electron chi connectivity index (χ0n) is 36.8. The van der Waals surface area contributed by atoms with Gasteiger partial charge in [-0.25, -0.2) is 4.57 Å². The maximum atomic E-state index is 12.6. The van der Waals surface area contributed by atoms with Gasteiger partial charge in [0.1, 0.15) is 6.61 Å². The van der Waals surface area contributed by atoms with Gasteiger partial charge in [0, 0.05) is 19.4 Å². The van der Waals surface area contributed by atoms with E-state index < -0.39 is 26.5 Å². The fraction of sp³-hybridized carbons (Fsp3) is 0.830. The SMILES string of the molecule is CCCCCC/C=C\C/C=C\CCCCCCCCCC(=O)OC(COC(=O)CCCCCCCCC/C=C\CCCCCCCCC)COP(=O)(O)OCCN. The molecule has 0 aromatic heterocycles. The number of phosphoric acid groups is 1. The van der Waals surface area contributed by atoms with Crippen molar-refractivity contribution < 1.29 is 37.6 Å². The molecule has 0 fully saturated rings. The van der Waals surface area contributed by atoms with Gasteiger partial charge in [-0.2, -0.15) is 0 Å². The van der Waals surface area contributed by atoms with E-state index in [2.05, 4.69) is 50.3 Å². The number of nitrogens with two attached hydrogens (primary N) is 1. The van der Waals surface area contributed by atoms with E-state index in [4.69, 9.17) is 24.3 Å². The second-order valence-electron chi connectivity index (χ2n) is 15.6. The molecule has 0 aromatic carbocycles. The highest BCUT2D eigenvalue weighted by molar-refractivity contribution is 7.47. The van der Waals surface area contributed by atoms with E-state index in [-0.39, 0.29) is 38.6 Å². The number of phosphoric ester groups is 1. The maximum Gasteiger partial charge on any atom is 0.472 e. The first kappa shape index (κ1) is 55.2. The molecule has 2 unspecified atom stereocenters. The van der Waals surface area contributed by atoms with Crippen LogP contribution < -0.4 is 5.73 Å². The highest BCUT2D eigenvalue weighted by Gasteiger charge is 2.26. The van der Waals surface area contributed by atoms with Crippen LogP contribution in [0.15, 0.2) is 36.5 Å². The van der Waals surface area contributed by atoms with Crippen molar-refractivity contribution in [3.05, 3.63) is 36.5 Å². The molecule has 0 bridgehead atoms. The summed E-state index contributed by atoms with van der Waals surface area (Å²) in [4.78, 5) is 34.9. The Balaban J connectivity index is 4.12. The molecule has 0 aliphatic rings. The van der Waals surface area contributed by atoms with Gasteiger partial charge in [-0.15, -0.1) is 0 Å². The first-order chi connectivity index (χ1) is 27.8. The van der Waals surface area contributed by atoms with Crippen LogP contribution in [0.2, 0.25) is 0 Å². The second kappa shape index (κ2) is 43.8. The Kier molecular flexibility index (Phi) is 42.4. The molecule has 0 aromatic rings. The zero-order chi connectivity index (χ0) is 41.8. The number of hydrogen-bond donors (Lipinski definition) is 2. The average Bonchev–Trinajstić information content (AvgIpc) is 3.20. The molecule has 334 valence electrons. The van der Waals surface area contributed by atoms with E-state index in [1.807, 2.05) is 0 Å². The summed E-state index contributed by atoms with van der Waals surface area (Å²) in [5, 5.41) is 0. The normalized spacial score (nSPS) is 13.5. The summed E-state index contributed by atoms with van der Waals surface area (Å²) in [5.41, 5.74) is 5.35. The summed E-state index contributed by atoms with van der Waals surface area (Å²) >= 11 is 0. The third-order valence-corrected chi connectivity index (χ3v) is 11.0. The number of rotatable bonds is 44. The van der Waals surface area contributed by atoms with Crippen LogP contribution in [0.5, 0.6) is 0 Å². The van der Waals surface area contributed by atoms with Crippen LogP contribution in [-0.2, 0) is 32.7 Å². The molecule has 10 heteroatoms. The third-order valence-electron chi connectivity index (χ3n) is 10.00.